The molecule has 0 radical (unpaired) electrons. The summed E-state index contributed by atoms with van der Waals surface area (Å²) in [6.45, 7) is 4.77. The first-order chi connectivity index (χ1) is 16.4. The summed E-state index contributed by atoms with van der Waals surface area (Å²) in [5.41, 5.74) is 9.03. The van der Waals surface area contributed by atoms with Gasteiger partial charge in [0.1, 0.15) is 5.56 Å². The molecule has 0 saturated carbocycles. The highest BCUT2D eigenvalue weighted by Crippen LogP contribution is 2.20. The molecule has 0 spiro atoms. The van der Waals surface area contributed by atoms with E-state index in [0.717, 1.165) is 49.2 Å². The molecule has 4 rings (SSSR count). The predicted octanol–water partition coefficient (Wildman–Crippen LogP) is 3.15. The number of aromatic nitrogens is 1. The van der Waals surface area contributed by atoms with Crippen molar-refractivity contribution in [1.82, 2.24) is 9.47 Å². The summed E-state index contributed by atoms with van der Waals surface area (Å²) in [4.78, 5) is 39.5. The molecule has 2 amide bonds. The number of nitrogens with two attached hydrogens (primary N) is 1. The van der Waals surface area contributed by atoms with E-state index in [-0.39, 0.29) is 22.9 Å². The van der Waals surface area contributed by atoms with Crippen LogP contribution in [0, 0.1) is 12.8 Å². The van der Waals surface area contributed by atoms with Crippen molar-refractivity contribution in [3.8, 4) is 0 Å². The number of hydrogen-bond acceptors (Lipinski definition) is 4. The number of likely N-dealkylation sites (tertiary alicyclic amines) is 1. The number of benzene rings is 2. The molecule has 176 valence electrons. The van der Waals surface area contributed by atoms with Crippen molar-refractivity contribution in [3.63, 3.8) is 0 Å². The Kier molecular flexibility index (Phi) is 7.23. The molecule has 2 heterocycles. The Bertz CT molecular complexity index is 1240. The molecule has 1 saturated heterocycles. The lowest BCUT2D eigenvalue weighted by atomic mass is 9.96. The van der Waals surface area contributed by atoms with Gasteiger partial charge in [-0.3, -0.25) is 19.3 Å². The summed E-state index contributed by atoms with van der Waals surface area (Å²) in [6, 6.07) is 18.9. The van der Waals surface area contributed by atoms with E-state index in [1.54, 1.807) is 22.9 Å². The Morgan fingerprint density at radius 3 is 2.38 bits per heavy atom. The zero-order valence-electron chi connectivity index (χ0n) is 19.4. The molecular formula is C27H30N4O3. The third-order valence-corrected chi connectivity index (χ3v) is 6.28. The highest BCUT2D eigenvalue weighted by atomic mass is 16.2. The van der Waals surface area contributed by atoms with Crippen molar-refractivity contribution < 1.29 is 9.59 Å². The number of nitrogens with one attached hydrogen (secondary N) is 1. The third-order valence-electron chi connectivity index (χ3n) is 6.28. The molecule has 3 aromatic rings. The van der Waals surface area contributed by atoms with Crippen LogP contribution in [0.2, 0.25) is 0 Å². The van der Waals surface area contributed by atoms with Crippen LogP contribution in [-0.2, 0) is 17.9 Å². The topological polar surface area (TPSA) is 97.4 Å². The van der Waals surface area contributed by atoms with E-state index >= 15 is 0 Å². The van der Waals surface area contributed by atoms with Gasteiger partial charge in [-0.05, 0) is 68.2 Å². The van der Waals surface area contributed by atoms with Gasteiger partial charge in [0, 0.05) is 24.3 Å². The minimum absolute atomic E-state index is 0.0392. The Balaban J connectivity index is 1.42. The molecular weight excluding hydrogens is 428 g/mol. The third kappa shape index (κ3) is 5.80. The van der Waals surface area contributed by atoms with Gasteiger partial charge in [0.25, 0.3) is 11.5 Å². The summed E-state index contributed by atoms with van der Waals surface area (Å²) >= 11 is 0. The van der Waals surface area contributed by atoms with Gasteiger partial charge in [0.2, 0.25) is 5.91 Å². The SMILES string of the molecule is Cc1cccc(Cn2cccc(C(=O)Nc3cccc(CN4CCC(C(N)=O)CC4)c3)c2=O)c1. The van der Waals surface area contributed by atoms with E-state index in [0.29, 0.717) is 12.2 Å². The number of hydrogen-bond donors (Lipinski definition) is 2. The van der Waals surface area contributed by atoms with E-state index in [1.807, 2.05) is 55.5 Å². The standard InChI is InChI=1S/C27H30N4O3/c1-19-5-2-6-20(15-19)18-31-12-4-9-24(27(31)34)26(33)29-23-8-3-7-21(16-23)17-30-13-10-22(11-14-30)25(28)32/h2-9,12,15-16,22H,10-11,13-14,17-18H2,1H3,(H2,28,32)(H,29,33). The number of nitrogens with zero attached hydrogens (tertiary/aromatic N) is 2. The van der Waals surface area contributed by atoms with E-state index in [1.165, 1.54) is 0 Å². The average molecular weight is 459 g/mol. The quantitative estimate of drug-likeness (QED) is 0.568. The van der Waals surface area contributed by atoms with Gasteiger partial charge in [-0.1, -0.05) is 42.0 Å². The molecule has 1 aliphatic rings. The van der Waals surface area contributed by atoms with Crippen molar-refractivity contribution in [2.24, 2.45) is 11.7 Å². The lowest BCUT2D eigenvalue weighted by molar-refractivity contribution is -0.123. The molecule has 0 aliphatic carbocycles. The summed E-state index contributed by atoms with van der Waals surface area (Å²) in [6.07, 6.45) is 3.24. The van der Waals surface area contributed by atoms with Crippen molar-refractivity contribution in [1.29, 1.82) is 0 Å². The first-order valence-corrected chi connectivity index (χ1v) is 11.6. The van der Waals surface area contributed by atoms with Crippen molar-refractivity contribution in [3.05, 3.63) is 99.5 Å². The van der Waals surface area contributed by atoms with Crippen LogP contribution in [-0.4, -0.2) is 34.4 Å². The molecule has 34 heavy (non-hydrogen) atoms. The van der Waals surface area contributed by atoms with Crippen molar-refractivity contribution in [2.75, 3.05) is 18.4 Å². The Labute approximate surface area is 199 Å². The van der Waals surface area contributed by atoms with Crippen LogP contribution in [0.4, 0.5) is 5.69 Å². The Hall–Kier alpha value is -3.71. The summed E-state index contributed by atoms with van der Waals surface area (Å²) < 4.78 is 1.55. The Morgan fingerprint density at radius 1 is 0.971 bits per heavy atom. The van der Waals surface area contributed by atoms with Crippen LogP contribution in [0.5, 0.6) is 0 Å². The van der Waals surface area contributed by atoms with E-state index in [4.69, 9.17) is 5.73 Å². The molecule has 1 aromatic heterocycles. The number of rotatable bonds is 7. The lowest BCUT2D eigenvalue weighted by Crippen LogP contribution is -2.38. The minimum atomic E-state index is -0.428. The maximum absolute atomic E-state index is 13.0. The average Bonchev–Trinajstić information content (AvgIpc) is 2.81. The highest BCUT2D eigenvalue weighted by Gasteiger charge is 2.23. The van der Waals surface area contributed by atoms with Gasteiger partial charge >= 0.3 is 0 Å². The monoisotopic (exact) mass is 458 g/mol. The van der Waals surface area contributed by atoms with Gasteiger partial charge in [-0.25, -0.2) is 0 Å². The molecule has 0 unspecified atom stereocenters. The number of piperidine rings is 1. The first-order valence-electron chi connectivity index (χ1n) is 11.6. The van der Waals surface area contributed by atoms with Crippen molar-refractivity contribution in [2.45, 2.75) is 32.9 Å². The number of primary amides is 1. The second-order valence-electron chi connectivity index (χ2n) is 8.95. The van der Waals surface area contributed by atoms with Gasteiger partial charge in [-0.15, -0.1) is 0 Å². The van der Waals surface area contributed by atoms with Crippen LogP contribution in [0.3, 0.4) is 0 Å². The zero-order valence-corrected chi connectivity index (χ0v) is 19.4. The number of pyridine rings is 1. The molecule has 0 atom stereocenters. The van der Waals surface area contributed by atoms with Gasteiger partial charge in [0.05, 0.1) is 6.54 Å². The molecule has 3 N–H and O–H groups in total. The van der Waals surface area contributed by atoms with Crippen LogP contribution in [0.1, 0.15) is 39.9 Å². The number of carbonyl (C=O) groups excluding carboxylic acids is 2. The molecule has 0 bridgehead atoms. The van der Waals surface area contributed by atoms with Gasteiger partial charge in [0.15, 0.2) is 0 Å². The summed E-state index contributed by atoms with van der Waals surface area (Å²) in [7, 11) is 0. The largest absolute Gasteiger partial charge is 0.369 e. The van der Waals surface area contributed by atoms with Crippen LogP contribution in [0.25, 0.3) is 0 Å². The van der Waals surface area contributed by atoms with Gasteiger partial charge < -0.3 is 15.6 Å². The second-order valence-corrected chi connectivity index (χ2v) is 8.95. The number of carbonyl (C=O) groups is 2. The summed E-state index contributed by atoms with van der Waals surface area (Å²) in [5.74, 6) is -0.686. The smallest absolute Gasteiger partial charge is 0.263 e. The fraction of sp³-hybridized carbons (Fsp3) is 0.296. The molecule has 1 fully saturated rings. The molecule has 7 nitrogen and oxygen atoms in total. The van der Waals surface area contributed by atoms with E-state index in [9.17, 15) is 14.4 Å². The normalized spacial score (nSPS) is 14.6. The van der Waals surface area contributed by atoms with Crippen LogP contribution >= 0.6 is 0 Å². The highest BCUT2D eigenvalue weighted by molar-refractivity contribution is 6.04. The number of amides is 2. The van der Waals surface area contributed by atoms with Crippen molar-refractivity contribution >= 4 is 17.5 Å². The second kappa shape index (κ2) is 10.5. The number of anilines is 1. The lowest BCUT2D eigenvalue weighted by Gasteiger charge is -2.30. The molecule has 7 heteroatoms. The predicted molar refractivity (Wildman–Crippen MR) is 133 cm³/mol. The maximum Gasteiger partial charge on any atom is 0.263 e. The maximum atomic E-state index is 13.0. The van der Waals surface area contributed by atoms with Gasteiger partial charge in [-0.2, -0.15) is 0 Å². The zero-order chi connectivity index (χ0) is 24.1. The minimum Gasteiger partial charge on any atom is -0.369 e. The Morgan fingerprint density at radius 2 is 1.68 bits per heavy atom. The van der Waals surface area contributed by atoms with E-state index in [2.05, 4.69) is 10.2 Å². The number of aryl methyl sites for hydroxylation is 1. The van der Waals surface area contributed by atoms with E-state index < -0.39 is 5.91 Å². The fourth-order valence-corrected chi connectivity index (χ4v) is 4.42. The molecule has 2 aromatic carbocycles. The first kappa shape index (κ1) is 23.4. The van der Waals surface area contributed by atoms with Crippen LogP contribution in [0.15, 0.2) is 71.7 Å². The molecule has 1 aliphatic heterocycles. The van der Waals surface area contributed by atoms with Crippen LogP contribution < -0.4 is 16.6 Å². The fourth-order valence-electron chi connectivity index (χ4n) is 4.42. The summed E-state index contributed by atoms with van der Waals surface area (Å²) in [5, 5.41) is 2.87.